The van der Waals surface area contributed by atoms with Crippen LogP contribution in [0.25, 0.3) is 0 Å². The van der Waals surface area contributed by atoms with Gasteiger partial charge in [-0.3, -0.25) is 19.3 Å². The molecule has 0 aromatic heterocycles. The number of hydrogen-bond acceptors (Lipinski definition) is 4. The molecule has 7 nitrogen and oxygen atoms in total. The molecule has 1 fully saturated rings. The third kappa shape index (κ3) is 6.96. The summed E-state index contributed by atoms with van der Waals surface area (Å²) in [5.41, 5.74) is 2.93. The lowest BCUT2D eigenvalue weighted by atomic mass is 10.1. The highest BCUT2D eigenvalue weighted by Gasteiger charge is 2.30. The number of nitrogens with one attached hydrogen (secondary N) is 1. The van der Waals surface area contributed by atoms with E-state index in [9.17, 15) is 14.4 Å². The summed E-state index contributed by atoms with van der Waals surface area (Å²) in [6.07, 6.45) is 2.33. The van der Waals surface area contributed by atoms with Gasteiger partial charge in [0, 0.05) is 37.8 Å². The predicted molar refractivity (Wildman–Crippen MR) is 108 cm³/mol. The summed E-state index contributed by atoms with van der Waals surface area (Å²) in [5, 5.41) is 11.8. The highest BCUT2D eigenvalue weighted by atomic mass is 16.4. The molecule has 7 heteroatoms. The van der Waals surface area contributed by atoms with E-state index >= 15 is 0 Å². The molecule has 0 radical (unpaired) electrons. The van der Waals surface area contributed by atoms with Crippen LogP contribution in [0.15, 0.2) is 18.2 Å². The van der Waals surface area contributed by atoms with Crippen molar-refractivity contribution in [3.8, 4) is 0 Å². The number of carboxylic acid groups (broad SMARTS) is 1. The molecule has 0 atom stereocenters. The Morgan fingerprint density at radius 3 is 2.46 bits per heavy atom. The van der Waals surface area contributed by atoms with Crippen LogP contribution in [0.2, 0.25) is 0 Å². The van der Waals surface area contributed by atoms with Crippen LogP contribution in [-0.4, -0.2) is 64.9 Å². The fraction of sp³-hybridized carbons (Fsp3) is 0.571. The van der Waals surface area contributed by atoms with Crippen LogP contribution in [0.4, 0.5) is 5.69 Å². The van der Waals surface area contributed by atoms with E-state index in [1.165, 1.54) is 0 Å². The summed E-state index contributed by atoms with van der Waals surface area (Å²) < 4.78 is 0. The third-order valence-electron chi connectivity index (χ3n) is 5.02. The number of rotatable bonds is 11. The van der Waals surface area contributed by atoms with E-state index in [1.807, 2.05) is 39.0 Å². The van der Waals surface area contributed by atoms with E-state index < -0.39 is 5.97 Å². The first-order valence-corrected chi connectivity index (χ1v) is 9.90. The van der Waals surface area contributed by atoms with E-state index in [0.29, 0.717) is 25.6 Å². The Morgan fingerprint density at radius 1 is 1.14 bits per heavy atom. The molecular weight excluding hydrogens is 358 g/mol. The Labute approximate surface area is 166 Å². The molecular formula is C21H31N3O4. The molecule has 0 heterocycles. The van der Waals surface area contributed by atoms with Gasteiger partial charge in [-0.2, -0.15) is 0 Å². The summed E-state index contributed by atoms with van der Waals surface area (Å²) in [5.74, 6) is -1.05. The van der Waals surface area contributed by atoms with Gasteiger partial charge >= 0.3 is 5.97 Å². The Morgan fingerprint density at radius 2 is 1.86 bits per heavy atom. The molecule has 2 N–H and O–H groups in total. The largest absolute Gasteiger partial charge is 0.481 e. The molecule has 2 rings (SSSR count). The van der Waals surface area contributed by atoms with Gasteiger partial charge < -0.3 is 15.3 Å². The van der Waals surface area contributed by atoms with E-state index in [-0.39, 0.29) is 31.3 Å². The Balaban J connectivity index is 1.87. The topological polar surface area (TPSA) is 90.0 Å². The van der Waals surface area contributed by atoms with E-state index in [4.69, 9.17) is 5.11 Å². The Hall–Kier alpha value is -2.41. The standard InChI is InChI=1S/C21H31N3O4/c1-4-23(12-10-21(27)28)20(26)9-11-24(17-7-8-17)14-19(25)22-18-13-15(2)5-6-16(18)3/h5-6,13,17H,4,7-12,14H2,1-3H3,(H,22,25)(H,27,28). The van der Waals surface area contributed by atoms with Gasteiger partial charge in [0.05, 0.1) is 13.0 Å². The zero-order valence-electron chi connectivity index (χ0n) is 17.0. The van der Waals surface area contributed by atoms with Gasteiger partial charge in [0.15, 0.2) is 0 Å². The van der Waals surface area contributed by atoms with Crippen molar-refractivity contribution in [2.45, 2.75) is 52.5 Å². The van der Waals surface area contributed by atoms with E-state index in [0.717, 1.165) is 29.7 Å². The average Bonchev–Trinajstić information content (AvgIpc) is 3.47. The van der Waals surface area contributed by atoms with Gasteiger partial charge in [-0.05, 0) is 50.8 Å². The lowest BCUT2D eigenvalue weighted by molar-refractivity contribution is -0.138. The fourth-order valence-electron chi connectivity index (χ4n) is 3.16. The number of nitrogens with zero attached hydrogens (tertiary/aromatic N) is 2. The van der Waals surface area contributed by atoms with Gasteiger partial charge in [-0.1, -0.05) is 12.1 Å². The minimum absolute atomic E-state index is 0.0514. The van der Waals surface area contributed by atoms with Crippen molar-refractivity contribution in [2.75, 3.05) is 31.5 Å². The number of amides is 2. The molecule has 28 heavy (non-hydrogen) atoms. The van der Waals surface area contributed by atoms with Crippen LogP contribution in [-0.2, 0) is 14.4 Å². The second kappa shape index (κ2) is 10.2. The summed E-state index contributed by atoms with van der Waals surface area (Å²) in [4.78, 5) is 39.3. The maximum atomic E-state index is 12.5. The third-order valence-corrected chi connectivity index (χ3v) is 5.02. The zero-order valence-corrected chi connectivity index (χ0v) is 17.0. The monoisotopic (exact) mass is 389 g/mol. The number of aliphatic carboxylic acids is 1. The van der Waals surface area contributed by atoms with Crippen molar-refractivity contribution in [2.24, 2.45) is 0 Å². The highest BCUT2D eigenvalue weighted by molar-refractivity contribution is 5.93. The van der Waals surface area contributed by atoms with Crippen LogP contribution in [0, 0.1) is 13.8 Å². The number of carbonyl (C=O) groups excluding carboxylic acids is 2. The van der Waals surface area contributed by atoms with Gasteiger partial charge in [0.1, 0.15) is 0 Å². The normalized spacial score (nSPS) is 13.4. The number of aryl methyl sites for hydroxylation is 2. The minimum Gasteiger partial charge on any atom is -0.481 e. The Bertz CT molecular complexity index is 716. The zero-order chi connectivity index (χ0) is 20.7. The summed E-state index contributed by atoms with van der Waals surface area (Å²) in [6.45, 7) is 7.27. The Kier molecular flexibility index (Phi) is 7.99. The second-order valence-electron chi connectivity index (χ2n) is 7.44. The number of carboxylic acids is 1. The molecule has 0 aliphatic heterocycles. The number of carbonyl (C=O) groups is 3. The predicted octanol–water partition coefficient (Wildman–Crippen LogP) is 2.42. The van der Waals surface area contributed by atoms with Crippen LogP contribution >= 0.6 is 0 Å². The average molecular weight is 389 g/mol. The first kappa shape index (κ1) is 21.9. The fourth-order valence-corrected chi connectivity index (χ4v) is 3.16. The number of hydrogen-bond donors (Lipinski definition) is 2. The number of benzene rings is 1. The van der Waals surface area contributed by atoms with Crippen molar-refractivity contribution >= 4 is 23.5 Å². The van der Waals surface area contributed by atoms with Crippen LogP contribution < -0.4 is 5.32 Å². The molecule has 1 saturated carbocycles. The van der Waals surface area contributed by atoms with Crippen molar-refractivity contribution in [3.05, 3.63) is 29.3 Å². The lowest BCUT2D eigenvalue weighted by Crippen LogP contribution is -2.39. The van der Waals surface area contributed by atoms with E-state index in [2.05, 4.69) is 10.2 Å². The molecule has 1 aromatic rings. The van der Waals surface area contributed by atoms with Crippen LogP contribution in [0.5, 0.6) is 0 Å². The lowest BCUT2D eigenvalue weighted by Gasteiger charge is -2.24. The molecule has 1 aromatic carbocycles. The van der Waals surface area contributed by atoms with Crippen molar-refractivity contribution in [1.29, 1.82) is 0 Å². The van der Waals surface area contributed by atoms with Gasteiger partial charge in [0.2, 0.25) is 11.8 Å². The summed E-state index contributed by atoms with van der Waals surface area (Å²) >= 11 is 0. The van der Waals surface area contributed by atoms with Gasteiger partial charge in [-0.25, -0.2) is 0 Å². The smallest absolute Gasteiger partial charge is 0.305 e. The van der Waals surface area contributed by atoms with E-state index in [1.54, 1.807) is 4.90 Å². The molecule has 2 amide bonds. The van der Waals surface area contributed by atoms with Gasteiger partial charge in [-0.15, -0.1) is 0 Å². The minimum atomic E-state index is -0.908. The summed E-state index contributed by atoms with van der Waals surface area (Å²) in [6, 6.07) is 6.31. The van der Waals surface area contributed by atoms with Crippen molar-refractivity contribution in [1.82, 2.24) is 9.80 Å². The SMILES string of the molecule is CCN(CCC(=O)O)C(=O)CCN(CC(=O)Nc1cc(C)ccc1C)C1CC1. The highest BCUT2D eigenvalue weighted by Crippen LogP contribution is 2.27. The molecule has 0 spiro atoms. The van der Waals surface area contributed by atoms with Gasteiger partial charge in [0.25, 0.3) is 0 Å². The molecule has 0 bridgehead atoms. The first-order chi connectivity index (χ1) is 13.3. The van der Waals surface area contributed by atoms with Crippen molar-refractivity contribution in [3.63, 3.8) is 0 Å². The van der Waals surface area contributed by atoms with Crippen molar-refractivity contribution < 1.29 is 19.5 Å². The molecule has 1 aliphatic rings. The summed E-state index contributed by atoms with van der Waals surface area (Å²) in [7, 11) is 0. The maximum absolute atomic E-state index is 12.5. The first-order valence-electron chi connectivity index (χ1n) is 9.90. The number of anilines is 1. The molecule has 1 aliphatic carbocycles. The van der Waals surface area contributed by atoms with Crippen LogP contribution in [0.1, 0.15) is 43.7 Å². The molecule has 154 valence electrons. The quantitative estimate of drug-likeness (QED) is 0.607. The maximum Gasteiger partial charge on any atom is 0.305 e. The molecule has 0 unspecified atom stereocenters. The van der Waals surface area contributed by atoms with Crippen LogP contribution in [0.3, 0.4) is 0 Å². The molecule has 0 saturated heterocycles. The second-order valence-corrected chi connectivity index (χ2v) is 7.44.